The molecular weight excluding hydrogens is 313 g/mol. The number of carbonyl (C=O) groups excluding carboxylic acids is 1. The molecule has 0 aliphatic carbocycles. The van der Waals surface area contributed by atoms with Gasteiger partial charge < -0.3 is 10.0 Å². The molecule has 2 rings (SSSR count). The van der Waals surface area contributed by atoms with Crippen molar-refractivity contribution < 1.29 is 27.9 Å². The number of halogens is 3. The van der Waals surface area contributed by atoms with Crippen LogP contribution in [-0.4, -0.2) is 40.0 Å². The molecular formula is C15H13F3N2O3. The number of carboxylic acid groups (broad SMARTS) is 1. The SMILES string of the molecule is CC(C(=O)O)N(C)C(=O)c1cnc2ccccc2c1C(F)(F)F. The number of amides is 1. The van der Waals surface area contributed by atoms with Crippen molar-refractivity contribution in [1.29, 1.82) is 0 Å². The number of hydrogen-bond acceptors (Lipinski definition) is 3. The molecule has 1 atom stereocenters. The molecule has 0 spiro atoms. The number of para-hydroxylation sites is 1. The van der Waals surface area contributed by atoms with Gasteiger partial charge in [-0.05, 0) is 13.0 Å². The Morgan fingerprint density at radius 1 is 1.26 bits per heavy atom. The molecule has 0 saturated carbocycles. The molecule has 0 aliphatic heterocycles. The Hall–Kier alpha value is -2.64. The molecule has 5 nitrogen and oxygen atoms in total. The van der Waals surface area contributed by atoms with Crippen LogP contribution in [0.15, 0.2) is 30.5 Å². The first-order valence-electron chi connectivity index (χ1n) is 6.59. The Morgan fingerprint density at radius 3 is 2.43 bits per heavy atom. The number of aromatic nitrogens is 1. The van der Waals surface area contributed by atoms with Crippen LogP contribution in [0.2, 0.25) is 0 Å². The molecule has 1 unspecified atom stereocenters. The van der Waals surface area contributed by atoms with E-state index >= 15 is 0 Å². The minimum atomic E-state index is -4.78. The third-order valence-corrected chi connectivity index (χ3v) is 3.55. The van der Waals surface area contributed by atoms with Gasteiger partial charge in [-0.15, -0.1) is 0 Å². The Morgan fingerprint density at radius 2 is 1.87 bits per heavy atom. The molecule has 1 aromatic carbocycles. The Balaban J connectivity index is 2.65. The second kappa shape index (κ2) is 5.86. The van der Waals surface area contributed by atoms with Crippen LogP contribution in [0.5, 0.6) is 0 Å². The molecule has 122 valence electrons. The Kier molecular flexibility index (Phi) is 4.26. The summed E-state index contributed by atoms with van der Waals surface area (Å²) in [5.74, 6) is -2.37. The molecule has 1 N–H and O–H groups in total. The van der Waals surface area contributed by atoms with E-state index in [1.807, 2.05) is 0 Å². The molecule has 0 fully saturated rings. The van der Waals surface area contributed by atoms with Gasteiger partial charge in [-0.2, -0.15) is 13.2 Å². The third kappa shape index (κ3) is 3.10. The molecule has 23 heavy (non-hydrogen) atoms. The number of aliphatic carboxylic acids is 1. The lowest BCUT2D eigenvalue weighted by Crippen LogP contribution is -2.41. The van der Waals surface area contributed by atoms with Gasteiger partial charge in [0, 0.05) is 18.6 Å². The van der Waals surface area contributed by atoms with Gasteiger partial charge in [0.25, 0.3) is 5.91 Å². The van der Waals surface area contributed by atoms with Gasteiger partial charge in [-0.25, -0.2) is 4.79 Å². The zero-order valence-corrected chi connectivity index (χ0v) is 12.3. The number of pyridine rings is 1. The van der Waals surface area contributed by atoms with E-state index in [0.29, 0.717) is 0 Å². The van der Waals surface area contributed by atoms with Crippen LogP contribution in [0.25, 0.3) is 10.9 Å². The van der Waals surface area contributed by atoms with E-state index in [1.165, 1.54) is 31.2 Å². The molecule has 0 saturated heterocycles. The van der Waals surface area contributed by atoms with E-state index < -0.39 is 35.2 Å². The van der Waals surface area contributed by atoms with E-state index in [1.54, 1.807) is 0 Å². The van der Waals surface area contributed by atoms with E-state index in [9.17, 15) is 22.8 Å². The molecule has 1 amide bonds. The largest absolute Gasteiger partial charge is 0.480 e. The molecule has 1 aromatic heterocycles. The number of rotatable bonds is 3. The third-order valence-electron chi connectivity index (χ3n) is 3.55. The summed E-state index contributed by atoms with van der Waals surface area (Å²) in [6.45, 7) is 1.21. The predicted octanol–water partition coefficient (Wildman–Crippen LogP) is 2.80. The summed E-state index contributed by atoms with van der Waals surface area (Å²) in [4.78, 5) is 27.9. The van der Waals surface area contributed by atoms with Gasteiger partial charge in [0.1, 0.15) is 6.04 Å². The fraction of sp³-hybridized carbons (Fsp3) is 0.267. The maximum atomic E-state index is 13.4. The highest BCUT2D eigenvalue weighted by atomic mass is 19.4. The van der Waals surface area contributed by atoms with Crippen molar-refractivity contribution in [3.63, 3.8) is 0 Å². The van der Waals surface area contributed by atoms with Crippen LogP contribution in [0.3, 0.4) is 0 Å². The zero-order valence-electron chi connectivity index (χ0n) is 12.3. The number of likely N-dealkylation sites (N-methyl/N-ethyl adjacent to an activating group) is 1. The van der Waals surface area contributed by atoms with Crippen LogP contribution in [0, 0.1) is 0 Å². The van der Waals surface area contributed by atoms with Crippen LogP contribution < -0.4 is 0 Å². The summed E-state index contributed by atoms with van der Waals surface area (Å²) in [6.07, 6.45) is -3.95. The summed E-state index contributed by atoms with van der Waals surface area (Å²) in [5.41, 5.74) is -1.69. The van der Waals surface area contributed by atoms with E-state index in [2.05, 4.69) is 4.98 Å². The maximum Gasteiger partial charge on any atom is 0.417 e. The van der Waals surface area contributed by atoms with Crippen molar-refractivity contribution in [3.05, 3.63) is 41.6 Å². The van der Waals surface area contributed by atoms with Gasteiger partial charge in [0.2, 0.25) is 0 Å². The average molecular weight is 326 g/mol. The summed E-state index contributed by atoms with van der Waals surface area (Å²) in [7, 11) is 1.14. The molecule has 1 heterocycles. The van der Waals surface area contributed by atoms with E-state index in [4.69, 9.17) is 5.11 Å². The Labute approximate surface area is 129 Å². The van der Waals surface area contributed by atoms with E-state index in [0.717, 1.165) is 18.1 Å². The lowest BCUT2D eigenvalue weighted by molar-refractivity contribution is -0.141. The number of hydrogen-bond donors (Lipinski definition) is 1. The standard InChI is InChI=1S/C15H13F3N2O3/c1-8(14(22)23)20(2)13(21)10-7-19-11-6-4-3-5-9(11)12(10)15(16,17)18/h3-8H,1-2H3,(H,22,23). The number of carbonyl (C=O) groups is 2. The fourth-order valence-electron chi connectivity index (χ4n) is 2.14. The number of alkyl halides is 3. The summed E-state index contributed by atoms with van der Waals surface area (Å²) in [5, 5.41) is 8.71. The number of nitrogens with zero attached hydrogens (tertiary/aromatic N) is 2. The van der Waals surface area contributed by atoms with Gasteiger partial charge >= 0.3 is 12.1 Å². The first-order valence-corrected chi connectivity index (χ1v) is 6.59. The van der Waals surface area contributed by atoms with Crippen molar-refractivity contribution >= 4 is 22.8 Å². The minimum Gasteiger partial charge on any atom is -0.480 e. The maximum absolute atomic E-state index is 13.4. The fourth-order valence-corrected chi connectivity index (χ4v) is 2.14. The van der Waals surface area contributed by atoms with Crippen molar-refractivity contribution in [3.8, 4) is 0 Å². The molecule has 2 aromatic rings. The lowest BCUT2D eigenvalue weighted by Gasteiger charge is -2.23. The first-order chi connectivity index (χ1) is 10.6. The van der Waals surface area contributed by atoms with Gasteiger partial charge in [0.05, 0.1) is 16.6 Å². The van der Waals surface area contributed by atoms with Crippen LogP contribution >= 0.6 is 0 Å². The highest BCUT2D eigenvalue weighted by Gasteiger charge is 2.39. The summed E-state index contributed by atoms with van der Waals surface area (Å²) >= 11 is 0. The van der Waals surface area contributed by atoms with Gasteiger partial charge in [-0.1, -0.05) is 18.2 Å². The second-order valence-corrected chi connectivity index (χ2v) is 4.99. The van der Waals surface area contributed by atoms with Crippen molar-refractivity contribution in [2.75, 3.05) is 7.05 Å². The number of benzene rings is 1. The molecule has 8 heteroatoms. The quantitative estimate of drug-likeness (QED) is 0.941. The van der Waals surface area contributed by atoms with Crippen molar-refractivity contribution in [2.45, 2.75) is 19.1 Å². The summed E-state index contributed by atoms with van der Waals surface area (Å²) in [6, 6.07) is 4.31. The zero-order chi connectivity index (χ0) is 17.4. The molecule has 0 aliphatic rings. The smallest absolute Gasteiger partial charge is 0.417 e. The minimum absolute atomic E-state index is 0.102. The van der Waals surface area contributed by atoms with Gasteiger partial charge in [-0.3, -0.25) is 9.78 Å². The van der Waals surface area contributed by atoms with Crippen LogP contribution in [0.4, 0.5) is 13.2 Å². The topological polar surface area (TPSA) is 70.5 Å². The highest BCUT2D eigenvalue weighted by Crippen LogP contribution is 2.37. The van der Waals surface area contributed by atoms with Crippen LogP contribution in [-0.2, 0) is 11.0 Å². The van der Waals surface area contributed by atoms with Gasteiger partial charge in [0.15, 0.2) is 0 Å². The summed E-state index contributed by atoms with van der Waals surface area (Å²) < 4.78 is 40.3. The van der Waals surface area contributed by atoms with Crippen molar-refractivity contribution in [2.24, 2.45) is 0 Å². The second-order valence-electron chi connectivity index (χ2n) is 4.99. The van der Waals surface area contributed by atoms with Crippen LogP contribution in [0.1, 0.15) is 22.8 Å². The lowest BCUT2D eigenvalue weighted by atomic mass is 10.0. The average Bonchev–Trinajstić information content (AvgIpc) is 2.50. The number of fused-ring (bicyclic) bond motifs is 1. The Bertz CT molecular complexity index is 774. The van der Waals surface area contributed by atoms with E-state index in [-0.39, 0.29) is 10.9 Å². The molecule has 0 bridgehead atoms. The van der Waals surface area contributed by atoms with Crippen molar-refractivity contribution in [1.82, 2.24) is 9.88 Å². The monoisotopic (exact) mass is 326 g/mol. The normalized spacial score (nSPS) is 12.9. The first kappa shape index (κ1) is 16.7. The predicted molar refractivity (Wildman–Crippen MR) is 75.9 cm³/mol. The number of carboxylic acids is 1. The molecule has 0 radical (unpaired) electrons. The highest BCUT2D eigenvalue weighted by molar-refractivity contribution is 6.01.